The molecule has 4 atom stereocenters. The Hall–Kier alpha value is 0.500. The largest absolute Gasteiger partial charge is 0.258 e. The zero-order valence-corrected chi connectivity index (χ0v) is 8.30. The van der Waals surface area contributed by atoms with Gasteiger partial charge in [0.25, 0.3) is 0 Å². The van der Waals surface area contributed by atoms with E-state index in [-0.39, 0.29) is 0 Å². The second-order valence-electron chi connectivity index (χ2n) is 2.89. The Labute approximate surface area is 69.4 Å². The van der Waals surface area contributed by atoms with Crippen molar-refractivity contribution in [3.8, 4) is 0 Å². The Balaban J connectivity index is 2.57. The summed E-state index contributed by atoms with van der Waals surface area (Å²) in [4.78, 5) is 0. The molecule has 1 aliphatic heterocycles. The first-order valence-corrected chi connectivity index (χ1v) is 5.88. The molecule has 4 unspecified atom stereocenters. The zero-order chi connectivity index (χ0) is 7.72. The van der Waals surface area contributed by atoms with E-state index >= 15 is 0 Å². The van der Waals surface area contributed by atoms with E-state index in [9.17, 15) is 4.21 Å². The second kappa shape index (κ2) is 3.26. The fourth-order valence-electron chi connectivity index (χ4n) is 1.33. The minimum Gasteiger partial charge on any atom is -0.258 e. The third-order valence-electron chi connectivity index (χ3n) is 1.81. The van der Waals surface area contributed by atoms with Crippen LogP contribution in [-0.2, 0) is 10.8 Å². The fourth-order valence-corrected chi connectivity index (χ4v) is 5.21. The SMILES string of the molecule is CC1CC(C)S(=O)C(C)S1. The number of rotatable bonds is 0. The maximum atomic E-state index is 11.4. The highest BCUT2D eigenvalue weighted by Gasteiger charge is 2.27. The van der Waals surface area contributed by atoms with Gasteiger partial charge in [0, 0.05) is 21.3 Å². The van der Waals surface area contributed by atoms with Crippen molar-refractivity contribution in [2.75, 3.05) is 0 Å². The Bertz CT molecular complexity index is 133. The monoisotopic (exact) mass is 178 g/mol. The predicted octanol–water partition coefficient (Wildman–Crippen LogP) is 2.00. The van der Waals surface area contributed by atoms with Crippen molar-refractivity contribution in [3.05, 3.63) is 0 Å². The van der Waals surface area contributed by atoms with Crippen LogP contribution in [0.25, 0.3) is 0 Å². The molecule has 1 aliphatic rings. The van der Waals surface area contributed by atoms with Gasteiger partial charge in [0.2, 0.25) is 0 Å². The number of hydrogen-bond donors (Lipinski definition) is 0. The van der Waals surface area contributed by atoms with Crippen LogP contribution < -0.4 is 0 Å². The Morgan fingerprint density at radius 2 is 2.00 bits per heavy atom. The van der Waals surface area contributed by atoms with Gasteiger partial charge in [0.05, 0.1) is 4.58 Å². The smallest absolute Gasteiger partial charge is 0.0778 e. The molecular formula is C7H14OS2. The first kappa shape index (κ1) is 8.60. The lowest BCUT2D eigenvalue weighted by Gasteiger charge is -2.27. The first-order valence-electron chi connectivity index (χ1n) is 3.66. The van der Waals surface area contributed by atoms with Gasteiger partial charge in [0.15, 0.2) is 0 Å². The Morgan fingerprint density at radius 3 is 2.50 bits per heavy atom. The van der Waals surface area contributed by atoms with Gasteiger partial charge < -0.3 is 0 Å². The summed E-state index contributed by atoms with van der Waals surface area (Å²) in [5, 5.41) is 1.11. The Morgan fingerprint density at radius 1 is 1.40 bits per heavy atom. The summed E-state index contributed by atoms with van der Waals surface area (Å²) in [5.74, 6) is 0. The van der Waals surface area contributed by atoms with E-state index in [0.717, 1.165) is 6.42 Å². The van der Waals surface area contributed by atoms with Gasteiger partial charge in [-0.15, -0.1) is 11.8 Å². The van der Waals surface area contributed by atoms with Crippen LogP contribution in [0.5, 0.6) is 0 Å². The van der Waals surface area contributed by atoms with Crippen molar-refractivity contribution in [1.29, 1.82) is 0 Å². The lowest BCUT2D eigenvalue weighted by atomic mass is 10.3. The van der Waals surface area contributed by atoms with Gasteiger partial charge in [-0.1, -0.05) is 13.8 Å². The lowest BCUT2D eigenvalue weighted by molar-refractivity contribution is 0.658. The van der Waals surface area contributed by atoms with E-state index in [2.05, 4.69) is 20.8 Å². The molecular weight excluding hydrogens is 164 g/mol. The van der Waals surface area contributed by atoms with Gasteiger partial charge in [-0.3, -0.25) is 4.21 Å². The van der Waals surface area contributed by atoms with Crippen molar-refractivity contribution in [1.82, 2.24) is 0 Å². The van der Waals surface area contributed by atoms with E-state index in [1.165, 1.54) is 0 Å². The number of hydrogen-bond acceptors (Lipinski definition) is 2. The minimum absolute atomic E-state index is 0.346. The molecule has 10 heavy (non-hydrogen) atoms. The van der Waals surface area contributed by atoms with E-state index in [1.54, 1.807) is 0 Å². The van der Waals surface area contributed by atoms with E-state index in [4.69, 9.17) is 0 Å². The van der Waals surface area contributed by atoms with Crippen molar-refractivity contribution in [2.24, 2.45) is 0 Å². The van der Waals surface area contributed by atoms with Crippen LogP contribution >= 0.6 is 11.8 Å². The van der Waals surface area contributed by atoms with Crippen molar-refractivity contribution >= 4 is 22.6 Å². The highest BCUT2D eigenvalue weighted by Crippen LogP contribution is 2.32. The molecule has 0 saturated carbocycles. The van der Waals surface area contributed by atoms with Crippen LogP contribution in [-0.4, -0.2) is 19.3 Å². The fraction of sp³-hybridized carbons (Fsp3) is 1.00. The summed E-state index contributed by atoms with van der Waals surface area (Å²) >= 11 is 1.85. The maximum absolute atomic E-state index is 11.4. The molecule has 1 heterocycles. The van der Waals surface area contributed by atoms with Crippen LogP contribution in [0.1, 0.15) is 27.2 Å². The molecule has 1 fully saturated rings. The molecule has 0 aromatic heterocycles. The van der Waals surface area contributed by atoms with E-state index in [0.29, 0.717) is 15.1 Å². The molecule has 0 spiro atoms. The average Bonchev–Trinajstić information content (AvgIpc) is 1.82. The third-order valence-corrected chi connectivity index (χ3v) is 5.39. The van der Waals surface area contributed by atoms with Crippen LogP contribution in [0.3, 0.4) is 0 Å². The second-order valence-corrected chi connectivity index (χ2v) is 7.14. The molecule has 60 valence electrons. The van der Waals surface area contributed by atoms with Crippen molar-refractivity contribution in [3.63, 3.8) is 0 Å². The third kappa shape index (κ3) is 1.76. The van der Waals surface area contributed by atoms with Crippen molar-refractivity contribution < 1.29 is 4.21 Å². The summed E-state index contributed by atoms with van der Waals surface area (Å²) in [6.45, 7) is 6.36. The highest BCUT2D eigenvalue weighted by molar-refractivity contribution is 8.12. The van der Waals surface area contributed by atoms with Crippen molar-refractivity contribution in [2.45, 2.75) is 42.3 Å². The molecule has 0 amide bonds. The van der Waals surface area contributed by atoms with Crippen LogP contribution in [0, 0.1) is 0 Å². The molecule has 1 saturated heterocycles. The van der Waals surface area contributed by atoms with Gasteiger partial charge in [-0.25, -0.2) is 0 Å². The molecule has 1 nitrogen and oxygen atoms in total. The quantitative estimate of drug-likeness (QED) is 0.564. The molecule has 1 rings (SSSR count). The standard InChI is InChI=1S/C7H14OS2/c1-5-4-6(2)10(8)7(3)9-5/h5-7H,4H2,1-3H3. The van der Waals surface area contributed by atoms with Gasteiger partial charge >= 0.3 is 0 Å². The first-order chi connectivity index (χ1) is 4.61. The molecule has 0 aromatic carbocycles. The molecule has 0 N–H and O–H groups in total. The van der Waals surface area contributed by atoms with Gasteiger partial charge in [-0.2, -0.15) is 0 Å². The predicted molar refractivity (Wildman–Crippen MR) is 48.7 cm³/mol. The minimum atomic E-state index is -0.587. The maximum Gasteiger partial charge on any atom is 0.0778 e. The van der Waals surface area contributed by atoms with E-state index in [1.807, 2.05) is 11.8 Å². The van der Waals surface area contributed by atoms with Crippen LogP contribution in [0.15, 0.2) is 0 Å². The van der Waals surface area contributed by atoms with Gasteiger partial charge in [0.1, 0.15) is 0 Å². The summed E-state index contributed by atoms with van der Waals surface area (Å²) in [7, 11) is -0.587. The summed E-state index contributed by atoms with van der Waals surface area (Å²) < 4.78 is 11.7. The number of thioether (sulfide) groups is 1. The molecule has 0 bridgehead atoms. The Kier molecular flexibility index (Phi) is 2.81. The highest BCUT2D eigenvalue weighted by atomic mass is 32.2. The van der Waals surface area contributed by atoms with Crippen LogP contribution in [0.2, 0.25) is 0 Å². The zero-order valence-electron chi connectivity index (χ0n) is 6.66. The molecule has 3 heteroatoms. The molecule has 0 aliphatic carbocycles. The summed E-state index contributed by atoms with van der Waals surface area (Å²) in [5.41, 5.74) is 0. The lowest BCUT2D eigenvalue weighted by Crippen LogP contribution is -2.29. The van der Waals surface area contributed by atoms with E-state index < -0.39 is 10.8 Å². The normalized spacial score (nSPS) is 49.1. The average molecular weight is 178 g/mol. The molecule has 0 radical (unpaired) electrons. The summed E-state index contributed by atoms with van der Waals surface area (Å²) in [6, 6.07) is 0. The summed E-state index contributed by atoms with van der Waals surface area (Å²) in [6.07, 6.45) is 1.11. The van der Waals surface area contributed by atoms with Crippen LogP contribution in [0.4, 0.5) is 0 Å². The topological polar surface area (TPSA) is 17.1 Å². The van der Waals surface area contributed by atoms with Gasteiger partial charge in [-0.05, 0) is 13.3 Å². The molecule has 0 aromatic rings.